The molecule has 0 radical (unpaired) electrons. The van der Waals surface area contributed by atoms with Gasteiger partial charge in [0.25, 0.3) is 5.91 Å². The van der Waals surface area contributed by atoms with Gasteiger partial charge in [0.2, 0.25) is 11.9 Å². The van der Waals surface area contributed by atoms with Crippen LogP contribution in [0, 0.1) is 11.2 Å². The minimum absolute atomic E-state index is 0.00227. The van der Waals surface area contributed by atoms with Crippen LogP contribution in [0.3, 0.4) is 0 Å². The SMILES string of the molecule is CC(C)c1ccc(COc2nc(Nc3ccc(C(=O)NCC(C)(C)CNC(=O)C(=O)Nc4ccc(C(F)(F)F)cc4)c(F)c3)nc(NC3(c4ccc(Cl)cc4)CC3)n2)cc1. The van der Waals surface area contributed by atoms with Gasteiger partial charge in [0.05, 0.1) is 16.7 Å². The van der Waals surface area contributed by atoms with Crippen LogP contribution in [-0.2, 0) is 27.9 Å². The lowest BCUT2D eigenvalue weighted by Gasteiger charge is -2.25. The lowest BCUT2D eigenvalue weighted by atomic mass is 9.93. The van der Waals surface area contributed by atoms with Crippen molar-refractivity contribution in [3.63, 3.8) is 0 Å². The lowest BCUT2D eigenvalue weighted by molar-refractivity contribution is -0.137. The highest BCUT2D eigenvalue weighted by molar-refractivity contribution is 6.39. The molecule has 1 heterocycles. The van der Waals surface area contributed by atoms with E-state index in [2.05, 4.69) is 55.4 Å². The molecule has 0 spiro atoms. The number of amides is 3. The summed E-state index contributed by atoms with van der Waals surface area (Å²) < 4.78 is 59.9. The summed E-state index contributed by atoms with van der Waals surface area (Å²) >= 11 is 6.13. The second kappa shape index (κ2) is 17.9. The first kappa shape index (κ1) is 43.3. The van der Waals surface area contributed by atoms with Crippen LogP contribution in [0.4, 0.5) is 40.8 Å². The van der Waals surface area contributed by atoms with Crippen molar-refractivity contribution >= 4 is 52.6 Å². The van der Waals surface area contributed by atoms with Gasteiger partial charge >= 0.3 is 24.0 Å². The number of nitrogens with one attached hydrogen (secondary N) is 5. The quantitative estimate of drug-likeness (QED) is 0.0513. The molecule has 0 saturated heterocycles. The fourth-order valence-electron chi connectivity index (χ4n) is 5.99. The number of rotatable bonds is 15. The zero-order valence-electron chi connectivity index (χ0n) is 33.1. The largest absolute Gasteiger partial charge is 0.458 e. The Morgan fingerprint density at radius 3 is 2.05 bits per heavy atom. The van der Waals surface area contributed by atoms with Gasteiger partial charge in [-0.25, -0.2) is 4.39 Å². The third kappa shape index (κ3) is 11.5. The summed E-state index contributed by atoms with van der Waals surface area (Å²) in [5.41, 5.74) is 1.00. The smallest absolute Gasteiger partial charge is 0.416 e. The summed E-state index contributed by atoms with van der Waals surface area (Å²) in [4.78, 5) is 51.3. The molecule has 1 aromatic heterocycles. The fourth-order valence-corrected chi connectivity index (χ4v) is 6.11. The van der Waals surface area contributed by atoms with E-state index in [0.717, 1.165) is 54.3 Å². The van der Waals surface area contributed by atoms with E-state index in [1.165, 1.54) is 17.7 Å². The molecule has 0 bridgehead atoms. The molecule has 1 aliphatic rings. The summed E-state index contributed by atoms with van der Waals surface area (Å²) in [7, 11) is 0. The number of benzene rings is 4. The van der Waals surface area contributed by atoms with E-state index in [4.69, 9.17) is 16.3 Å². The molecular formula is C43H43ClF4N8O4. The van der Waals surface area contributed by atoms with Crippen molar-refractivity contribution in [3.8, 4) is 6.01 Å². The number of carbonyl (C=O) groups is 3. The molecule has 1 aliphatic carbocycles. The van der Waals surface area contributed by atoms with Gasteiger partial charge in [0, 0.05) is 29.5 Å². The maximum Gasteiger partial charge on any atom is 0.416 e. The van der Waals surface area contributed by atoms with Crippen LogP contribution in [0.2, 0.25) is 5.02 Å². The van der Waals surface area contributed by atoms with Gasteiger partial charge in [0.1, 0.15) is 12.4 Å². The number of hydrogen-bond donors (Lipinski definition) is 5. The van der Waals surface area contributed by atoms with E-state index >= 15 is 4.39 Å². The number of nitrogens with zero attached hydrogens (tertiary/aromatic N) is 3. The Morgan fingerprint density at radius 2 is 1.43 bits per heavy atom. The van der Waals surface area contributed by atoms with Gasteiger partial charge in [-0.2, -0.15) is 28.1 Å². The molecule has 3 amide bonds. The third-order valence-corrected chi connectivity index (χ3v) is 9.98. The predicted octanol–water partition coefficient (Wildman–Crippen LogP) is 8.74. The van der Waals surface area contributed by atoms with Crippen LogP contribution < -0.4 is 31.3 Å². The predicted molar refractivity (Wildman–Crippen MR) is 220 cm³/mol. The summed E-state index contributed by atoms with van der Waals surface area (Å²) in [6.45, 7) is 7.73. The Kier molecular flexibility index (Phi) is 12.9. The highest BCUT2D eigenvalue weighted by Crippen LogP contribution is 2.48. The number of halogens is 5. The van der Waals surface area contributed by atoms with Gasteiger partial charge in [0.15, 0.2) is 0 Å². The molecule has 0 atom stereocenters. The highest BCUT2D eigenvalue weighted by Gasteiger charge is 2.45. The first-order valence-corrected chi connectivity index (χ1v) is 19.4. The molecule has 5 aromatic rings. The molecule has 1 fully saturated rings. The molecule has 4 aromatic carbocycles. The lowest BCUT2D eigenvalue weighted by Crippen LogP contribution is -2.45. The van der Waals surface area contributed by atoms with E-state index in [9.17, 15) is 27.6 Å². The molecular weight excluding hydrogens is 804 g/mol. The molecule has 5 N–H and O–H groups in total. The van der Waals surface area contributed by atoms with Crippen molar-refractivity contribution in [2.45, 2.75) is 64.8 Å². The van der Waals surface area contributed by atoms with Crippen molar-refractivity contribution in [2.24, 2.45) is 5.41 Å². The van der Waals surface area contributed by atoms with E-state index in [1.54, 1.807) is 13.8 Å². The van der Waals surface area contributed by atoms with E-state index in [0.29, 0.717) is 10.9 Å². The molecule has 17 heteroatoms. The fraction of sp³-hybridized carbons (Fsp3) is 0.302. The topological polar surface area (TPSA) is 159 Å². The Morgan fingerprint density at radius 1 is 0.800 bits per heavy atom. The maximum atomic E-state index is 15.5. The average Bonchev–Trinajstić information content (AvgIpc) is 3.98. The Bertz CT molecular complexity index is 2340. The van der Waals surface area contributed by atoms with Crippen molar-refractivity contribution in [2.75, 3.05) is 29.0 Å². The molecule has 12 nitrogen and oxygen atoms in total. The Hall–Kier alpha value is -6.29. The molecule has 1 saturated carbocycles. The van der Waals surface area contributed by atoms with Crippen molar-refractivity contribution in [1.82, 2.24) is 25.6 Å². The molecule has 0 unspecified atom stereocenters. The highest BCUT2D eigenvalue weighted by atomic mass is 35.5. The molecule has 6 rings (SSSR count). The number of hydrogen-bond acceptors (Lipinski definition) is 9. The van der Waals surface area contributed by atoms with Crippen molar-refractivity contribution in [1.29, 1.82) is 0 Å². The van der Waals surface area contributed by atoms with E-state index < -0.39 is 46.2 Å². The zero-order chi connectivity index (χ0) is 43.2. The molecule has 314 valence electrons. The average molecular weight is 847 g/mol. The normalized spacial score (nSPS) is 13.3. The van der Waals surface area contributed by atoms with E-state index in [1.807, 2.05) is 48.5 Å². The van der Waals surface area contributed by atoms with Crippen LogP contribution in [0.5, 0.6) is 6.01 Å². The Labute approximate surface area is 348 Å². The standard InChI is InChI=1S/C43H43ClF4N8O4/c1-25(2)27-7-5-26(6-8-27)22-60-40-54-38(53-39(55-40)56-42(19-20-42)28-9-13-30(44)14-10-28)52-32-17-18-33(34(45)21-32)35(57)49-23-41(3,4)24-50-36(58)37(59)51-31-15-11-29(12-16-31)43(46,47)48/h5-18,21,25H,19-20,22-24H2,1-4H3,(H,49,57)(H,50,58)(H,51,59)(H2,52,53,54,55,56). The number of carbonyl (C=O) groups excluding carboxylic acids is 3. The number of anilines is 4. The summed E-state index contributed by atoms with van der Waals surface area (Å²) in [6.07, 6.45) is -2.89. The number of aromatic nitrogens is 3. The Balaban J connectivity index is 1.07. The minimum Gasteiger partial charge on any atom is -0.458 e. The van der Waals surface area contributed by atoms with Gasteiger partial charge in [-0.3, -0.25) is 14.4 Å². The minimum atomic E-state index is -4.55. The van der Waals surface area contributed by atoms with Crippen LogP contribution in [0.25, 0.3) is 0 Å². The van der Waals surface area contributed by atoms with Gasteiger partial charge in [-0.05, 0) is 95.5 Å². The number of alkyl halides is 3. The second-order valence-electron chi connectivity index (χ2n) is 15.5. The van der Waals surface area contributed by atoms with Gasteiger partial charge < -0.3 is 31.3 Å². The maximum absolute atomic E-state index is 15.5. The second-order valence-corrected chi connectivity index (χ2v) is 16.0. The molecule has 0 aliphatic heterocycles. The third-order valence-electron chi connectivity index (χ3n) is 9.73. The van der Waals surface area contributed by atoms with Crippen LogP contribution >= 0.6 is 11.6 Å². The van der Waals surface area contributed by atoms with Crippen molar-refractivity contribution < 1.29 is 36.7 Å². The summed E-state index contributed by atoms with van der Waals surface area (Å²) in [5, 5.41) is 14.4. The van der Waals surface area contributed by atoms with Crippen LogP contribution in [0.15, 0.2) is 91.0 Å². The van der Waals surface area contributed by atoms with Crippen LogP contribution in [-0.4, -0.2) is 45.8 Å². The van der Waals surface area contributed by atoms with Crippen molar-refractivity contribution in [3.05, 3.63) is 130 Å². The summed E-state index contributed by atoms with van der Waals surface area (Å²) in [6, 6.07) is 23.1. The van der Waals surface area contributed by atoms with Gasteiger partial charge in [-0.1, -0.05) is 75.7 Å². The van der Waals surface area contributed by atoms with Gasteiger partial charge in [-0.15, -0.1) is 0 Å². The first-order valence-electron chi connectivity index (χ1n) is 19.0. The molecule has 60 heavy (non-hydrogen) atoms. The van der Waals surface area contributed by atoms with E-state index in [-0.39, 0.29) is 54.5 Å². The summed E-state index contributed by atoms with van der Waals surface area (Å²) in [5.74, 6) is -3.00. The zero-order valence-corrected chi connectivity index (χ0v) is 33.9. The monoisotopic (exact) mass is 846 g/mol. The first-order chi connectivity index (χ1) is 28.4. The number of ether oxygens (including phenoxy) is 1. The van der Waals surface area contributed by atoms with Crippen LogP contribution in [0.1, 0.15) is 79.1 Å².